The van der Waals surface area contributed by atoms with Crippen LogP contribution in [0.25, 0.3) is 11.4 Å². The van der Waals surface area contributed by atoms with Gasteiger partial charge in [0.05, 0.1) is 0 Å². The number of benzene rings is 2. The molecule has 32 heavy (non-hydrogen) atoms. The van der Waals surface area contributed by atoms with E-state index in [2.05, 4.69) is 45.2 Å². The average Bonchev–Trinajstić information content (AvgIpc) is 3.28. The van der Waals surface area contributed by atoms with E-state index in [4.69, 9.17) is 4.52 Å². The van der Waals surface area contributed by atoms with E-state index in [0.29, 0.717) is 18.1 Å². The van der Waals surface area contributed by atoms with Gasteiger partial charge in [0, 0.05) is 56.0 Å². The molecule has 0 aliphatic carbocycles. The molecule has 2 heterocycles. The maximum atomic E-state index is 12.5. The summed E-state index contributed by atoms with van der Waals surface area (Å²) in [5.41, 5.74) is 5.31. The van der Waals surface area contributed by atoms with E-state index < -0.39 is 0 Å². The van der Waals surface area contributed by atoms with Crippen LogP contribution in [-0.4, -0.2) is 53.7 Å². The van der Waals surface area contributed by atoms with Gasteiger partial charge < -0.3 is 19.6 Å². The molecule has 1 amide bonds. The minimum absolute atomic E-state index is 0.0659. The van der Waals surface area contributed by atoms with Gasteiger partial charge >= 0.3 is 0 Å². The first-order valence-corrected chi connectivity index (χ1v) is 11.3. The molecule has 0 saturated carbocycles. The fraction of sp³-hybridized carbons (Fsp3) is 0.400. The standard InChI is InChI=1S/C25H31N5O2/c1-4-29-13-15-30(16-14-29)22-10-9-21(17-19(22)3)26-23(31)11-12-24-27-25(28-32-24)20-7-5-18(2)6-8-20/h5-10,17H,4,11-16H2,1-3H3,(H,26,31). The van der Waals surface area contributed by atoms with Crippen LogP contribution in [0.5, 0.6) is 0 Å². The maximum absolute atomic E-state index is 12.5. The van der Waals surface area contributed by atoms with Crippen molar-refractivity contribution in [3.8, 4) is 11.4 Å². The molecule has 4 rings (SSSR count). The molecule has 7 heteroatoms. The molecule has 0 unspecified atom stereocenters. The molecule has 0 radical (unpaired) electrons. The monoisotopic (exact) mass is 433 g/mol. The molecule has 1 saturated heterocycles. The van der Waals surface area contributed by atoms with Crippen molar-refractivity contribution in [2.24, 2.45) is 0 Å². The van der Waals surface area contributed by atoms with Crippen molar-refractivity contribution >= 4 is 17.3 Å². The lowest BCUT2D eigenvalue weighted by Gasteiger charge is -2.36. The Morgan fingerprint density at radius 3 is 2.50 bits per heavy atom. The Labute approximate surface area is 189 Å². The van der Waals surface area contributed by atoms with E-state index in [1.54, 1.807) is 0 Å². The first-order valence-electron chi connectivity index (χ1n) is 11.3. The lowest BCUT2D eigenvalue weighted by molar-refractivity contribution is -0.116. The molecule has 1 aliphatic heterocycles. The van der Waals surface area contributed by atoms with E-state index in [9.17, 15) is 4.79 Å². The van der Waals surface area contributed by atoms with E-state index in [1.165, 1.54) is 16.8 Å². The number of likely N-dealkylation sites (N-methyl/N-ethyl adjacent to an activating group) is 1. The minimum atomic E-state index is -0.0659. The summed E-state index contributed by atoms with van der Waals surface area (Å²) in [6.07, 6.45) is 0.693. The number of amides is 1. The highest BCUT2D eigenvalue weighted by Crippen LogP contribution is 2.25. The van der Waals surface area contributed by atoms with Crippen molar-refractivity contribution in [1.29, 1.82) is 0 Å². The van der Waals surface area contributed by atoms with Gasteiger partial charge in [-0.25, -0.2) is 0 Å². The van der Waals surface area contributed by atoms with E-state index in [1.807, 2.05) is 43.3 Å². The normalized spacial score (nSPS) is 14.5. The van der Waals surface area contributed by atoms with E-state index >= 15 is 0 Å². The fourth-order valence-electron chi connectivity index (χ4n) is 4.01. The van der Waals surface area contributed by atoms with Crippen LogP contribution in [0.2, 0.25) is 0 Å². The van der Waals surface area contributed by atoms with Crippen molar-refractivity contribution in [2.45, 2.75) is 33.6 Å². The largest absolute Gasteiger partial charge is 0.369 e. The molecule has 3 aromatic rings. The van der Waals surface area contributed by atoms with Gasteiger partial charge in [0.1, 0.15) is 0 Å². The van der Waals surface area contributed by atoms with Gasteiger partial charge in [0.2, 0.25) is 17.6 Å². The molecule has 168 valence electrons. The first-order chi connectivity index (χ1) is 15.5. The van der Waals surface area contributed by atoms with Crippen molar-refractivity contribution in [1.82, 2.24) is 15.0 Å². The number of rotatable bonds is 7. The van der Waals surface area contributed by atoms with Crippen LogP contribution in [0, 0.1) is 13.8 Å². The summed E-state index contributed by atoms with van der Waals surface area (Å²) in [6, 6.07) is 14.1. The third kappa shape index (κ3) is 5.34. The molecule has 0 atom stereocenters. The first kappa shape index (κ1) is 22.0. The number of anilines is 2. The summed E-state index contributed by atoms with van der Waals surface area (Å²) in [4.78, 5) is 21.8. The molecule has 2 aromatic carbocycles. The zero-order valence-corrected chi connectivity index (χ0v) is 19.1. The Bertz CT molecular complexity index is 1050. The van der Waals surface area contributed by atoms with Crippen molar-refractivity contribution in [3.05, 3.63) is 59.5 Å². The highest BCUT2D eigenvalue weighted by molar-refractivity contribution is 5.91. The number of nitrogens with zero attached hydrogens (tertiary/aromatic N) is 4. The van der Waals surface area contributed by atoms with Gasteiger partial charge in [-0.1, -0.05) is 41.9 Å². The summed E-state index contributed by atoms with van der Waals surface area (Å²) in [5, 5.41) is 7.02. The van der Waals surface area contributed by atoms with Gasteiger partial charge in [-0.15, -0.1) is 0 Å². The summed E-state index contributed by atoms with van der Waals surface area (Å²) < 4.78 is 5.32. The Hall–Kier alpha value is -3.19. The Morgan fingerprint density at radius 2 is 1.81 bits per heavy atom. The Kier molecular flexibility index (Phi) is 6.85. The van der Waals surface area contributed by atoms with Crippen LogP contribution in [-0.2, 0) is 11.2 Å². The molecule has 0 bridgehead atoms. The molecule has 1 fully saturated rings. The Morgan fingerprint density at radius 1 is 1.06 bits per heavy atom. The summed E-state index contributed by atoms with van der Waals surface area (Å²) in [5.74, 6) is 0.948. The van der Waals surface area contributed by atoms with Crippen LogP contribution in [0.1, 0.15) is 30.4 Å². The Balaban J connectivity index is 1.30. The molecule has 1 aromatic heterocycles. The van der Waals surface area contributed by atoms with Gasteiger partial charge in [-0.05, 0) is 44.2 Å². The van der Waals surface area contributed by atoms with Gasteiger partial charge in [-0.2, -0.15) is 4.98 Å². The van der Waals surface area contributed by atoms with Gasteiger partial charge in [-0.3, -0.25) is 4.79 Å². The average molecular weight is 434 g/mol. The lowest BCUT2D eigenvalue weighted by Crippen LogP contribution is -2.46. The summed E-state index contributed by atoms with van der Waals surface area (Å²) in [7, 11) is 0. The topological polar surface area (TPSA) is 74.5 Å². The number of aromatic nitrogens is 2. The van der Waals surface area contributed by atoms with Crippen molar-refractivity contribution in [2.75, 3.05) is 42.9 Å². The second-order valence-corrected chi connectivity index (χ2v) is 8.35. The third-order valence-corrected chi connectivity index (χ3v) is 5.98. The smallest absolute Gasteiger partial charge is 0.227 e. The van der Waals surface area contributed by atoms with E-state index in [0.717, 1.165) is 44.0 Å². The number of carbonyl (C=O) groups excluding carboxylic acids is 1. The molecule has 1 N–H and O–H groups in total. The second kappa shape index (κ2) is 9.96. The highest BCUT2D eigenvalue weighted by atomic mass is 16.5. The fourth-order valence-corrected chi connectivity index (χ4v) is 4.01. The molecular formula is C25H31N5O2. The quantitative estimate of drug-likeness (QED) is 0.606. The minimum Gasteiger partial charge on any atom is -0.369 e. The molecular weight excluding hydrogens is 402 g/mol. The van der Waals surface area contributed by atoms with Crippen LogP contribution in [0.4, 0.5) is 11.4 Å². The number of hydrogen-bond acceptors (Lipinski definition) is 6. The predicted octanol–water partition coefficient (Wildman–Crippen LogP) is 4.07. The lowest BCUT2D eigenvalue weighted by atomic mass is 10.1. The number of nitrogens with one attached hydrogen (secondary N) is 1. The SMILES string of the molecule is CCN1CCN(c2ccc(NC(=O)CCc3nc(-c4ccc(C)cc4)no3)cc2C)CC1. The van der Waals surface area contributed by atoms with Crippen LogP contribution < -0.4 is 10.2 Å². The number of hydrogen-bond donors (Lipinski definition) is 1. The van der Waals surface area contributed by atoms with Crippen LogP contribution >= 0.6 is 0 Å². The molecule has 7 nitrogen and oxygen atoms in total. The summed E-state index contributed by atoms with van der Waals surface area (Å²) in [6.45, 7) is 11.7. The highest BCUT2D eigenvalue weighted by Gasteiger charge is 2.17. The van der Waals surface area contributed by atoms with Gasteiger partial charge in [0.15, 0.2) is 0 Å². The maximum Gasteiger partial charge on any atom is 0.227 e. The van der Waals surface area contributed by atoms with Crippen LogP contribution in [0.3, 0.4) is 0 Å². The van der Waals surface area contributed by atoms with E-state index in [-0.39, 0.29) is 12.3 Å². The number of carbonyl (C=O) groups is 1. The molecule has 0 spiro atoms. The molecule has 1 aliphatic rings. The number of aryl methyl sites for hydroxylation is 3. The zero-order chi connectivity index (χ0) is 22.5. The number of piperazine rings is 1. The van der Waals surface area contributed by atoms with Gasteiger partial charge in [0.25, 0.3) is 0 Å². The summed E-state index contributed by atoms with van der Waals surface area (Å²) >= 11 is 0. The third-order valence-electron chi connectivity index (χ3n) is 5.98. The predicted molar refractivity (Wildman–Crippen MR) is 127 cm³/mol. The zero-order valence-electron chi connectivity index (χ0n) is 19.1. The van der Waals surface area contributed by atoms with Crippen molar-refractivity contribution < 1.29 is 9.32 Å². The van der Waals surface area contributed by atoms with Crippen LogP contribution in [0.15, 0.2) is 47.0 Å². The van der Waals surface area contributed by atoms with Crippen molar-refractivity contribution in [3.63, 3.8) is 0 Å². The second-order valence-electron chi connectivity index (χ2n) is 8.35.